The van der Waals surface area contributed by atoms with Crippen LogP contribution in [0.25, 0.3) is 22.3 Å². The quantitative estimate of drug-likeness (QED) is 0.527. The number of pyridine rings is 2. The van der Waals surface area contributed by atoms with Crippen LogP contribution in [0.2, 0.25) is 0 Å². The molecule has 0 aliphatic rings. The van der Waals surface area contributed by atoms with Crippen molar-refractivity contribution in [2.24, 2.45) is 0 Å². The van der Waals surface area contributed by atoms with Gasteiger partial charge in [0.25, 0.3) is 5.91 Å². The number of para-hydroxylation sites is 1. The summed E-state index contributed by atoms with van der Waals surface area (Å²) < 4.78 is 5.46. The Balaban J connectivity index is 1.61. The molecule has 0 spiro atoms. The average molecular weight is 383 g/mol. The molecule has 0 aliphatic carbocycles. The Morgan fingerprint density at radius 2 is 1.76 bits per heavy atom. The molecule has 2 aromatic carbocycles. The van der Waals surface area contributed by atoms with E-state index in [1.165, 1.54) is 0 Å². The molecule has 2 heterocycles. The van der Waals surface area contributed by atoms with Crippen LogP contribution < -0.4 is 10.1 Å². The number of carbonyl (C=O) groups is 1. The number of hydrogen-bond acceptors (Lipinski definition) is 4. The van der Waals surface area contributed by atoms with Crippen LogP contribution in [-0.4, -0.2) is 22.5 Å². The van der Waals surface area contributed by atoms with Crippen molar-refractivity contribution in [1.29, 1.82) is 0 Å². The summed E-state index contributed by atoms with van der Waals surface area (Å²) in [5.41, 5.74) is 3.77. The first kappa shape index (κ1) is 18.6. The second-order valence-corrected chi connectivity index (χ2v) is 6.55. The molecular weight excluding hydrogens is 362 g/mol. The molecule has 0 unspecified atom stereocenters. The summed E-state index contributed by atoms with van der Waals surface area (Å²) in [5, 5.41) is 3.83. The molecule has 5 heteroatoms. The third-order valence-electron chi connectivity index (χ3n) is 4.58. The summed E-state index contributed by atoms with van der Waals surface area (Å²) in [6, 6.07) is 22.8. The molecule has 0 atom stereocenters. The molecule has 0 radical (unpaired) electrons. The van der Waals surface area contributed by atoms with Gasteiger partial charge >= 0.3 is 0 Å². The topological polar surface area (TPSA) is 64.1 Å². The Hall–Kier alpha value is -3.73. The molecule has 4 aromatic rings. The minimum atomic E-state index is -0.144. The molecule has 144 valence electrons. The third-order valence-corrected chi connectivity index (χ3v) is 4.58. The Morgan fingerprint density at radius 3 is 2.52 bits per heavy atom. The zero-order valence-electron chi connectivity index (χ0n) is 16.1. The van der Waals surface area contributed by atoms with Gasteiger partial charge in [0.2, 0.25) is 0 Å². The fourth-order valence-electron chi connectivity index (χ4n) is 3.16. The Bertz CT molecular complexity index is 1130. The van der Waals surface area contributed by atoms with Gasteiger partial charge in [-0.25, -0.2) is 4.98 Å². The lowest BCUT2D eigenvalue weighted by Gasteiger charge is -2.11. The normalized spacial score (nSPS) is 10.7. The minimum Gasteiger partial charge on any atom is -0.494 e. The van der Waals surface area contributed by atoms with Crippen molar-refractivity contribution in [2.75, 3.05) is 6.61 Å². The maximum Gasteiger partial charge on any atom is 0.252 e. The molecule has 29 heavy (non-hydrogen) atoms. The molecule has 0 fully saturated rings. The monoisotopic (exact) mass is 383 g/mol. The van der Waals surface area contributed by atoms with Gasteiger partial charge in [0.15, 0.2) is 0 Å². The van der Waals surface area contributed by atoms with E-state index in [0.29, 0.717) is 24.4 Å². The highest BCUT2D eigenvalue weighted by atomic mass is 16.5. The average Bonchev–Trinajstić information content (AvgIpc) is 2.78. The van der Waals surface area contributed by atoms with Crippen molar-refractivity contribution >= 4 is 16.8 Å². The smallest absolute Gasteiger partial charge is 0.252 e. The van der Waals surface area contributed by atoms with E-state index < -0.39 is 0 Å². The van der Waals surface area contributed by atoms with E-state index in [2.05, 4.69) is 15.3 Å². The highest BCUT2D eigenvalue weighted by Crippen LogP contribution is 2.23. The van der Waals surface area contributed by atoms with Crippen LogP contribution in [0.3, 0.4) is 0 Å². The molecule has 0 saturated carbocycles. The van der Waals surface area contributed by atoms with E-state index in [4.69, 9.17) is 4.74 Å². The van der Waals surface area contributed by atoms with Crippen molar-refractivity contribution in [3.05, 3.63) is 90.1 Å². The molecule has 1 amide bonds. The van der Waals surface area contributed by atoms with Gasteiger partial charge < -0.3 is 10.1 Å². The molecular formula is C24H21N3O2. The Labute approximate surface area is 169 Å². The number of aromatic nitrogens is 2. The number of nitrogens with one attached hydrogen (secondary N) is 1. The first-order valence-corrected chi connectivity index (χ1v) is 9.55. The second kappa shape index (κ2) is 8.52. The number of benzene rings is 2. The maximum atomic E-state index is 13.0. The van der Waals surface area contributed by atoms with E-state index in [1.807, 2.05) is 73.7 Å². The predicted molar refractivity (Wildman–Crippen MR) is 114 cm³/mol. The summed E-state index contributed by atoms with van der Waals surface area (Å²) in [6.07, 6.45) is 1.72. The number of ether oxygens (including phenoxy) is 1. The molecule has 5 nitrogen and oxygen atoms in total. The van der Waals surface area contributed by atoms with Gasteiger partial charge in [-0.2, -0.15) is 0 Å². The fourth-order valence-corrected chi connectivity index (χ4v) is 3.16. The van der Waals surface area contributed by atoms with Crippen LogP contribution in [0.15, 0.2) is 79.0 Å². The van der Waals surface area contributed by atoms with Gasteiger partial charge in [0.05, 0.1) is 29.1 Å². The van der Waals surface area contributed by atoms with Gasteiger partial charge in [-0.15, -0.1) is 0 Å². The molecule has 1 N–H and O–H groups in total. The van der Waals surface area contributed by atoms with Crippen LogP contribution in [0.5, 0.6) is 5.75 Å². The molecule has 0 aliphatic heterocycles. The van der Waals surface area contributed by atoms with Crippen molar-refractivity contribution in [1.82, 2.24) is 15.3 Å². The summed E-state index contributed by atoms with van der Waals surface area (Å²) in [6.45, 7) is 3.01. The van der Waals surface area contributed by atoms with Crippen LogP contribution in [0.1, 0.15) is 22.8 Å². The third kappa shape index (κ3) is 4.24. The second-order valence-electron chi connectivity index (χ2n) is 6.55. The van der Waals surface area contributed by atoms with E-state index in [0.717, 1.165) is 27.9 Å². The van der Waals surface area contributed by atoms with Crippen LogP contribution in [0.4, 0.5) is 0 Å². The summed E-state index contributed by atoms with van der Waals surface area (Å²) in [4.78, 5) is 22.0. The van der Waals surface area contributed by atoms with Gasteiger partial charge in [-0.05, 0) is 48.9 Å². The summed E-state index contributed by atoms with van der Waals surface area (Å²) in [7, 11) is 0. The first-order chi connectivity index (χ1) is 14.2. The van der Waals surface area contributed by atoms with Gasteiger partial charge in [-0.1, -0.05) is 36.4 Å². The Morgan fingerprint density at radius 1 is 0.966 bits per heavy atom. The number of carbonyl (C=O) groups excluding carboxylic acids is 1. The van der Waals surface area contributed by atoms with Gasteiger partial charge in [0, 0.05) is 18.1 Å². The van der Waals surface area contributed by atoms with Gasteiger partial charge in [-0.3, -0.25) is 9.78 Å². The number of hydrogen-bond donors (Lipinski definition) is 1. The highest BCUT2D eigenvalue weighted by molar-refractivity contribution is 6.07. The van der Waals surface area contributed by atoms with Gasteiger partial charge in [0.1, 0.15) is 5.75 Å². The molecule has 0 bridgehead atoms. The number of nitrogens with zero attached hydrogens (tertiary/aromatic N) is 2. The summed E-state index contributed by atoms with van der Waals surface area (Å²) >= 11 is 0. The SMILES string of the molecule is CCOc1ccc(CNC(=O)c2cc(-c3ccccn3)nc3ccccc23)cc1. The number of amides is 1. The first-order valence-electron chi connectivity index (χ1n) is 9.55. The highest BCUT2D eigenvalue weighted by Gasteiger charge is 2.14. The lowest BCUT2D eigenvalue weighted by Crippen LogP contribution is -2.23. The fraction of sp³-hybridized carbons (Fsp3) is 0.125. The standard InChI is InChI=1S/C24H21N3O2/c1-2-29-18-12-10-17(11-13-18)16-26-24(28)20-15-23(22-9-5-6-14-25-22)27-21-8-4-3-7-19(20)21/h3-15H,2,16H2,1H3,(H,26,28). The molecule has 4 rings (SSSR count). The number of rotatable bonds is 6. The molecule has 2 aromatic heterocycles. The zero-order chi connectivity index (χ0) is 20.1. The molecule has 0 saturated heterocycles. The van der Waals surface area contributed by atoms with Crippen LogP contribution >= 0.6 is 0 Å². The van der Waals surface area contributed by atoms with Crippen molar-refractivity contribution in [2.45, 2.75) is 13.5 Å². The largest absolute Gasteiger partial charge is 0.494 e. The van der Waals surface area contributed by atoms with E-state index in [9.17, 15) is 4.79 Å². The lowest BCUT2D eigenvalue weighted by atomic mass is 10.1. The van der Waals surface area contributed by atoms with Crippen LogP contribution in [-0.2, 0) is 6.54 Å². The number of fused-ring (bicyclic) bond motifs is 1. The predicted octanol–water partition coefficient (Wildman–Crippen LogP) is 4.63. The van der Waals surface area contributed by atoms with Crippen molar-refractivity contribution < 1.29 is 9.53 Å². The van der Waals surface area contributed by atoms with Crippen molar-refractivity contribution in [3.8, 4) is 17.1 Å². The van der Waals surface area contributed by atoms with E-state index in [-0.39, 0.29) is 5.91 Å². The van der Waals surface area contributed by atoms with E-state index >= 15 is 0 Å². The maximum absolute atomic E-state index is 13.0. The van der Waals surface area contributed by atoms with Crippen LogP contribution in [0, 0.1) is 0 Å². The zero-order valence-corrected chi connectivity index (χ0v) is 16.1. The van der Waals surface area contributed by atoms with Crippen molar-refractivity contribution in [3.63, 3.8) is 0 Å². The summed E-state index contributed by atoms with van der Waals surface area (Å²) in [5.74, 6) is 0.678. The minimum absolute atomic E-state index is 0.144. The Kier molecular flexibility index (Phi) is 5.47. The van der Waals surface area contributed by atoms with E-state index in [1.54, 1.807) is 12.3 Å². The lowest BCUT2D eigenvalue weighted by molar-refractivity contribution is 0.0952.